The second-order valence-corrected chi connectivity index (χ2v) is 9.12. The van der Waals surface area contributed by atoms with Crippen LogP contribution in [0.4, 0.5) is 0 Å². The molecule has 1 aromatic carbocycles. The summed E-state index contributed by atoms with van der Waals surface area (Å²) in [6.07, 6.45) is 3.80. The molecule has 0 amide bonds. The first-order chi connectivity index (χ1) is 13.2. The lowest BCUT2D eigenvalue weighted by molar-refractivity contribution is 0.284. The van der Waals surface area contributed by atoms with Crippen LogP contribution in [0.25, 0.3) is 0 Å². The van der Waals surface area contributed by atoms with Crippen molar-refractivity contribution in [3.63, 3.8) is 0 Å². The lowest BCUT2D eigenvalue weighted by Crippen LogP contribution is -2.43. The van der Waals surface area contributed by atoms with Gasteiger partial charge in [-0.15, -0.1) is 0 Å². The molecule has 0 fully saturated rings. The fourth-order valence-electron chi connectivity index (χ4n) is 4.64. The summed E-state index contributed by atoms with van der Waals surface area (Å²) in [5.41, 5.74) is 8.27. The van der Waals surface area contributed by atoms with E-state index in [9.17, 15) is 15.8 Å². The van der Waals surface area contributed by atoms with Crippen molar-refractivity contribution in [2.45, 2.75) is 51.9 Å². The quantitative estimate of drug-likeness (QED) is 0.766. The molecule has 4 heteroatoms. The van der Waals surface area contributed by atoms with Gasteiger partial charge in [-0.05, 0) is 46.8 Å². The summed E-state index contributed by atoms with van der Waals surface area (Å²) in [5.74, 6) is -0.0208. The average molecular weight is 371 g/mol. The van der Waals surface area contributed by atoms with E-state index in [0.717, 1.165) is 24.0 Å². The molecule has 2 aliphatic carbocycles. The Labute approximate surface area is 167 Å². The summed E-state index contributed by atoms with van der Waals surface area (Å²) in [6, 6.07) is 14.8. The zero-order valence-corrected chi connectivity index (χ0v) is 17.0. The molecule has 28 heavy (non-hydrogen) atoms. The van der Waals surface area contributed by atoms with Gasteiger partial charge < -0.3 is 5.73 Å². The van der Waals surface area contributed by atoms with Crippen LogP contribution in [0.1, 0.15) is 57.6 Å². The molecule has 0 saturated carbocycles. The van der Waals surface area contributed by atoms with E-state index >= 15 is 0 Å². The topological polar surface area (TPSA) is 97.4 Å². The zero-order chi connectivity index (χ0) is 20.7. The molecule has 0 radical (unpaired) electrons. The fraction of sp³-hybridized carbons (Fsp3) is 0.458. The molecule has 3 unspecified atom stereocenters. The van der Waals surface area contributed by atoms with Crippen molar-refractivity contribution >= 4 is 0 Å². The Hall–Kier alpha value is -3.03. The van der Waals surface area contributed by atoms with Gasteiger partial charge in [0.05, 0.1) is 23.4 Å². The first-order valence-corrected chi connectivity index (χ1v) is 9.73. The zero-order valence-electron chi connectivity index (χ0n) is 17.0. The minimum atomic E-state index is -1.53. The van der Waals surface area contributed by atoms with E-state index < -0.39 is 5.41 Å². The van der Waals surface area contributed by atoms with Gasteiger partial charge in [0.25, 0.3) is 0 Å². The average Bonchev–Trinajstić information content (AvgIpc) is 2.67. The number of hydrogen-bond acceptors (Lipinski definition) is 4. The second kappa shape index (κ2) is 6.85. The number of nitrogens with two attached hydrogens (primary N) is 1. The van der Waals surface area contributed by atoms with Gasteiger partial charge in [-0.2, -0.15) is 15.8 Å². The standard InChI is InChI=1S/C24H26N4/c1-15-5-10-18-19(11-15)21(16-6-8-17(9-7-16)23(2,3)4)24(13-26,14-27)22(28)20(18)12-25/h6-10,15,19,21H,5,11,28H2,1-4H3. The summed E-state index contributed by atoms with van der Waals surface area (Å²) in [7, 11) is 0. The number of allylic oxidation sites excluding steroid dienone is 4. The van der Waals surface area contributed by atoms with E-state index in [-0.39, 0.29) is 22.9 Å². The van der Waals surface area contributed by atoms with Crippen LogP contribution in [0.15, 0.2) is 47.2 Å². The Balaban J connectivity index is 2.25. The molecule has 142 valence electrons. The third-order valence-electron chi connectivity index (χ3n) is 6.25. The third-order valence-corrected chi connectivity index (χ3v) is 6.25. The minimum absolute atomic E-state index is 0.0178. The molecular weight excluding hydrogens is 344 g/mol. The van der Waals surface area contributed by atoms with E-state index in [0.29, 0.717) is 11.5 Å². The number of hydrogen-bond donors (Lipinski definition) is 1. The minimum Gasteiger partial charge on any atom is -0.399 e. The van der Waals surface area contributed by atoms with Crippen molar-refractivity contribution in [1.82, 2.24) is 0 Å². The fourth-order valence-corrected chi connectivity index (χ4v) is 4.64. The normalized spacial score (nSPS) is 26.3. The summed E-state index contributed by atoms with van der Waals surface area (Å²) in [6.45, 7) is 8.63. The lowest BCUT2D eigenvalue weighted by Gasteiger charge is -2.44. The Bertz CT molecular complexity index is 954. The van der Waals surface area contributed by atoms with Crippen LogP contribution in [0, 0.1) is 51.2 Å². The number of fused-ring (bicyclic) bond motifs is 1. The predicted molar refractivity (Wildman–Crippen MR) is 108 cm³/mol. The Morgan fingerprint density at radius 1 is 1.07 bits per heavy atom. The van der Waals surface area contributed by atoms with Crippen LogP contribution in [0.3, 0.4) is 0 Å². The largest absolute Gasteiger partial charge is 0.399 e. The van der Waals surface area contributed by atoms with Crippen molar-refractivity contribution in [1.29, 1.82) is 15.8 Å². The van der Waals surface area contributed by atoms with Crippen molar-refractivity contribution in [2.24, 2.45) is 23.0 Å². The number of nitrogens with zero attached hydrogens (tertiary/aromatic N) is 3. The van der Waals surface area contributed by atoms with Gasteiger partial charge in [0, 0.05) is 5.92 Å². The molecule has 0 aliphatic heterocycles. The summed E-state index contributed by atoms with van der Waals surface area (Å²) in [4.78, 5) is 0. The molecule has 3 rings (SSSR count). The molecule has 0 saturated heterocycles. The van der Waals surface area contributed by atoms with Gasteiger partial charge in [-0.1, -0.05) is 58.0 Å². The molecular formula is C24H26N4. The Kier molecular flexibility index (Phi) is 4.82. The summed E-state index contributed by atoms with van der Waals surface area (Å²) >= 11 is 0. The Morgan fingerprint density at radius 3 is 2.18 bits per heavy atom. The second-order valence-electron chi connectivity index (χ2n) is 9.12. The molecule has 1 aromatic rings. The maximum absolute atomic E-state index is 10.1. The van der Waals surface area contributed by atoms with E-state index in [1.807, 2.05) is 12.1 Å². The van der Waals surface area contributed by atoms with Crippen molar-refractivity contribution in [3.05, 3.63) is 58.3 Å². The highest BCUT2D eigenvalue weighted by Crippen LogP contribution is 2.56. The molecule has 0 heterocycles. The van der Waals surface area contributed by atoms with E-state index in [4.69, 9.17) is 5.73 Å². The summed E-state index contributed by atoms with van der Waals surface area (Å²) < 4.78 is 0. The van der Waals surface area contributed by atoms with Crippen molar-refractivity contribution < 1.29 is 0 Å². The van der Waals surface area contributed by atoms with Crippen molar-refractivity contribution in [2.75, 3.05) is 0 Å². The van der Waals surface area contributed by atoms with Crippen LogP contribution >= 0.6 is 0 Å². The number of benzene rings is 1. The van der Waals surface area contributed by atoms with Gasteiger partial charge >= 0.3 is 0 Å². The predicted octanol–water partition coefficient (Wildman–Crippen LogP) is 4.82. The third kappa shape index (κ3) is 2.89. The van der Waals surface area contributed by atoms with E-state index in [1.165, 1.54) is 5.56 Å². The van der Waals surface area contributed by atoms with Gasteiger partial charge in [0.2, 0.25) is 0 Å². The summed E-state index contributed by atoms with van der Waals surface area (Å²) in [5, 5.41) is 29.9. The SMILES string of the molecule is CC1CC=C2C(C#N)=C(N)C(C#N)(C#N)C(c3ccc(C(C)(C)C)cc3)C2C1. The van der Waals surface area contributed by atoms with E-state index in [2.05, 4.69) is 64.1 Å². The first-order valence-electron chi connectivity index (χ1n) is 9.73. The van der Waals surface area contributed by atoms with Gasteiger partial charge in [0.15, 0.2) is 5.41 Å². The van der Waals surface area contributed by atoms with Crippen LogP contribution in [0.2, 0.25) is 0 Å². The van der Waals surface area contributed by atoms with Crippen LogP contribution in [-0.2, 0) is 5.41 Å². The molecule has 0 spiro atoms. The van der Waals surface area contributed by atoms with Crippen LogP contribution in [0.5, 0.6) is 0 Å². The van der Waals surface area contributed by atoms with Gasteiger partial charge in [0.1, 0.15) is 6.07 Å². The molecule has 4 nitrogen and oxygen atoms in total. The maximum atomic E-state index is 10.1. The van der Waals surface area contributed by atoms with Gasteiger partial charge in [-0.25, -0.2) is 0 Å². The smallest absolute Gasteiger partial charge is 0.191 e. The highest BCUT2D eigenvalue weighted by molar-refractivity contribution is 5.59. The van der Waals surface area contributed by atoms with Crippen LogP contribution < -0.4 is 5.73 Å². The maximum Gasteiger partial charge on any atom is 0.191 e. The highest BCUT2D eigenvalue weighted by atomic mass is 14.7. The molecule has 2 N–H and O–H groups in total. The van der Waals surface area contributed by atoms with E-state index in [1.54, 1.807) is 0 Å². The van der Waals surface area contributed by atoms with Crippen LogP contribution in [-0.4, -0.2) is 0 Å². The molecule has 0 aromatic heterocycles. The monoisotopic (exact) mass is 370 g/mol. The Morgan fingerprint density at radius 2 is 1.68 bits per heavy atom. The molecule has 2 aliphatic rings. The van der Waals surface area contributed by atoms with Gasteiger partial charge in [-0.3, -0.25) is 0 Å². The molecule has 3 atom stereocenters. The van der Waals surface area contributed by atoms with Crippen molar-refractivity contribution in [3.8, 4) is 18.2 Å². The number of rotatable bonds is 1. The first kappa shape index (κ1) is 19.7. The highest BCUT2D eigenvalue weighted by Gasteiger charge is 2.54. The lowest BCUT2D eigenvalue weighted by atomic mass is 9.56. The number of nitriles is 3. The molecule has 0 bridgehead atoms.